The first kappa shape index (κ1) is 19.6. The number of hydrogen-bond donors (Lipinski definition) is 1. The van der Waals surface area contributed by atoms with Gasteiger partial charge in [0.25, 0.3) is 0 Å². The lowest BCUT2D eigenvalue weighted by atomic mass is 9.87. The number of benzene rings is 6. The Hall–Kier alpha value is -4.81. The second-order valence-corrected chi connectivity index (χ2v) is 8.86. The van der Waals surface area contributed by atoms with Crippen molar-refractivity contribution in [3.05, 3.63) is 103 Å². The number of methoxy groups -OCH3 is 1. The van der Waals surface area contributed by atoms with Crippen LogP contribution in [0.3, 0.4) is 0 Å². The number of fused-ring (bicyclic) bond motifs is 7. The molecule has 7 aromatic rings. The topological polar surface area (TPSA) is 48.8 Å². The van der Waals surface area contributed by atoms with Crippen molar-refractivity contribution in [1.82, 2.24) is 4.98 Å². The molecule has 1 heterocycles. The SMILES string of the molecule is COc1cccc2c1[nH]c1c(-c3cccc4ccccc34)c3ccc4ccccc4c3c(C#N)c12. The number of para-hydroxylation sites is 1. The van der Waals surface area contributed by atoms with Crippen molar-refractivity contribution in [1.29, 1.82) is 5.26 Å². The first-order valence-electron chi connectivity index (χ1n) is 11.6. The van der Waals surface area contributed by atoms with Gasteiger partial charge in [-0.2, -0.15) is 5.26 Å². The van der Waals surface area contributed by atoms with E-state index in [4.69, 9.17) is 4.74 Å². The molecule has 0 bridgehead atoms. The van der Waals surface area contributed by atoms with E-state index in [1.54, 1.807) is 7.11 Å². The number of nitrogens with one attached hydrogen (secondary N) is 1. The minimum Gasteiger partial charge on any atom is -0.495 e. The van der Waals surface area contributed by atoms with Crippen molar-refractivity contribution < 1.29 is 4.74 Å². The summed E-state index contributed by atoms with van der Waals surface area (Å²) in [5.74, 6) is 0.764. The maximum absolute atomic E-state index is 10.5. The molecule has 0 fully saturated rings. The Bertz CT molecular complexity index is 2000. The van der Waals surface area contributed by atoms with Gasteiger partial charge in [-0.05, 0) is 38.6 Å². The van der Waals surface area contributed by atoms with Crippen molar-refractivity contribution in [2.24, 2.45) is 0 Å². The number of rotatable bonds is 2. The van der Waals surface area contributed by atoms with Gasteiger partial charge in [-0.3, -0.25) is 0 Å². The quantitative estimate of drug-likeness (QED) is 0.270. The summed E-state index contributed by atoms with van der Waals surface area (Å²) in [4.78, 5) is 3.67. The summed E-state index contributed by atoms with van der Waals surface area (Å²) in [5.41, 5.74) is 4.80. The smallest absolute Gasteiger partial charge is 0.142 e. The predicted octanol–water partition coefficient (Wildman–Crippen LogP) is 8.33. The third-order valence-corrected chi connectivity index (χ3v) is 7.13. The molecule has 0 aliphatic rings. The van der Waals surface area contributed by atoms with Gasteiger partial charge in [0.1, 0.15) is 11.8 Å². The molecule has 0 aliphatic carbocycles. The molecular weight excluding hydrogens is 428 g/mol. The highest BCUT2D eigenvalue weighted by Gasteiger charge is 2.22. The summed E-state index contributed by atoms with van der Waals surface area (Å²) >= 11 is 0. The lowest BCUT2D eigenvalue weighted by molar-refractivity contribution is 0.419. The van der Waals surface area contributed by atoms with Gasteiger partial charge in [0.15, 0.2) is 0 Å². The van der Waals surface area contributed by atoms with Crippen LogP contribution in [0, 0.1) is 11.3 Å². The third-order valence-electron chi connectivity index (χ3n) is 7.13. The van der Waals surface area contributed by atoms with E-state index >= 15 is 0 Å². The average Bonchev–Trinajstić information content (AvgIpc) is 3.30. The molecule has 0 unspecified atom stereocenters. The average molecular weight is 449 g/mol. The molecule has 0 atom stereocenters. The first-order chi connectivity index (χ1) is 17.3. The Morgan fingerprint density at radius 2 is 1.31 bits per heavy atom. The van der Waals surface area contributed by atoms with Crippen LogP contribution >= 0.6 is 0 Å². The predicted molar refractivity (Wildman–Crippen MR) is 145 cm³/mol. The highest BCUT2D eigenvalue weighted by molar-refractivity contribution is 6.29. The molecule has 164 valence electrons. The summed E-state index contributed by atoms with van der Waals surface area (Å²) in [7, 11) is 1.68. The van der Waals surface area contributed by atoms with Gasteiger partial charge in [-0.15, -0.1) is 0 Å². The Kier molecular flexibility index (Phi) is 4.12. The lowest BCUT2D eigenvalue weighted by Gasteiger charge is -2.15. The van der Waals surface area contributed by atoms with Gasteiger partial charge in [0.05, 0.1) is 23.7 Å². The van der Waals surface area contributed by atoms with Crippen LogP contribution < -0.4 is 4.74 Å². The Morgan fingerprint density at radius 3 is 2.11 bits per heavy atom. The van der Waals surface area contributed by atoms with E-state index in [1.807, 2.05) is 24.3 Å². The van der Waals surface area contributed by atoms with Crippen LogP contribution in [-0.2, 0) is 0 Å². The molecule has 1 N–H and O–H groups in total. The van der Waals surface area contributed by atoms with Crippen LogP contribution in [0.1, 0.15) is 5.56 Å². The highest BCUT2D eigenvalue weighted by atomic mass is 16.5. The Labute approximate surface area is 201 Å². The molecule has 0 amide bonds. The number of nitriles is 1. The monoisotopic (exact) mass is 448 g/mol. The van der Waals surface area contributed by atoms with Crippen molar-refractivity contribution in [2.75, 3.05) is 7.11 Å². The highest BCUT2D eigenvalue weighted by Crippen LogP contribution is 2.46. The molecule has 1 aromatic heterocycles. The van der Waals surface area contributed by atoms with Crippen molar-refractivity contribution >= 4 is 54.1 Å². The van der Waals surface area contributed by atoms with E-state index in [2.05, 4.69) is 83.8 Å². The molecule has 0 radical (unpaired) electrons. The molecule has 0 saturated heterocycles. The van der Waals surface area contributed by atoms with Crippen molar-refractivity contribution in [2.45, 2.75) is 0 Å². The van der Waals surface area contributed by atoms with Gasteiger partial charge in [0, 0.05) is 21.7 Å². The zero-order chi connectivity index (χ0) is 23.5. The summed E-state index contributed by atoms with van der Waals surface area (Å²) in [6.45, 7) is 0. The van der Waals surface area contributed by atoms with Crippen LogP contribution in [0.2, 0.25) is 0 Å². The van der Waals surface area contributed by atoms with Crippen LogP contribution in [0.5, 0.6) is 5.75 Å². The fraction of sp³-hybridized carbons (Fsp3) is 0.0312. The number of aromatic amines is 1. The molecule has 3 heteroatoms. The minimum absolute atomic E-state index is 0.690. The van der Waals surface area contributed by atoms with E-state index in [9.17, 15) is 5.26 Å². The number of nitrogens with zero attached hydrogens (tertiary/aromatic N) is 1. The molecule has 3 nitrogen and oxygen atoms in total. The maximum Gasteiger partial charge on any atom is 0.142 e. The van der Waals surface area contributed by atoms with Crippen LogP contribution in [0.25, 0.3) is 65.3 Å². The van der Waals surface area contributed by atoms with E-state index in [0.717, 1.165) is 60.2 Å². The van der Waals surface area contributed by atoms with E-state index in [0.29, 0.717) is 5.56 Å². The second-order valence-electron chi connectivity index (χ2n) is 8.86. The number of H-pyrrole nitrogens is 1. The van der Waals surface area contributed by atoms with Crippen LogP contribution in [0.15, 0.2) is 97.1 Å². The second kappa shape index (κ2) is 7.35. The van der Waals surface area contributed by atoms with E-state index < -0.39 is 0 Å². The minimum atomic E-state index is 0.690. The molecule has 0 aliphatic heterocycles. The zero-order valence-electron chi connectivity index (χ0n) is 19.1. The van der Waals surface area contributed by atoms with Crippen molar-refractivity contribution in [3.63, 3.8) is 0 Å². The maximum atomic E-state index is 10.5. The van der Waals surface area contributed by atoms with Crippen LogP contribution in [0.4, 0.5) is 0 Å². The van der Waals surface area contributed by atoms with Gasteiger partial charge in [0.2, 0.25) is 0 Å². The molecule has 35 heavy (non-hydrogen) atoms. The normalized spacial score (nSPS) is 11.5. The third kappa shape index (κ3) is 2.65. The summed E-state index contributed by atoms with van der Waals surface area (Å²) in [6.07, 6.45) is 0. The van der Waals surface area contributed by atoms with Gasteiger partial charge >= 0.3 is 0 Å². The largest absolute Gasteiger partial charge is 0.495 e. The number of hydrogen-bond acceptors (Lipinski definition) is 2. The Balaban J connectivity index is 1.83. The standard InChI is InChI=1S/C32H20N2O/c1-35-27-15-7-14-25-30-26(18-33)28-22-12-5-3-9-20(22)16-17-24(28)29(32(30)34-31(25)27)23-13-6-10-19-8-2-4-11-21(19)23/h2-17,34H,1H3. The summed E-state index contributed by atoms with van der Waals surface area (Å²) in [5, 5.41) is 19.1. The van der Waals surface area contributed by atoms with Crippen LogP contribution in [-0.4, -0.2) is 12.1 Å². The van der Waals surface area contributed by atoms with Gasteiger partial charge in [-0.1, -0.05) is 91.0 Å². The van der Waals surface area contributed by atoms with E-state index in [-0.39, 0.29) is 0 Å². The molecule has 7 rings (SSSR count). The number of aromatic nitrogens is 1. The molecule has 0 saturated carbocycles. The van der Waals surface area contributed by atoms with Crippen molar-refractivity contribution in [3.8, 4) is 22.9 Å². The first-order valence-corrected chi connectivity index (χ1v) is 11.6. The van der Waals surface area contributed by atoms with E-state index in [1.165, 1.54) is 10.8 Å². The number of ether oxygens (including phenoxy) is 1. The molecule has 6 aromatic carbocycles. The fourth-order valence-corrected chi connectivity index (χ4v) is 5.65. The summed E-state index contributed by atoms with van der Waals surface area (Å²) < 4.78 is 5.70. The fourth-order valence-electron chi connectivity index (χ4n) is 5.65. The zero-order valence-corrected chi connectivity index (χ0v) is 19.1. The van der Waals surface area contributed by atoms with Gasteiger partial charge in [-0.25, -0.2) is 0 Å². The lowest BCUT2D eigenvalue weighted by Crippen LogP contribution is -1.91. The molecule has 0 spiro atoms. The summed E-state index contributed by atoms with van der Waals surface area (Å²) in [6, 6.07) is 36.1. The Morgan fingerprint density at radius 1 is 0.629 bits per heavy atom. The van der Waals surface area contributed by atoms with Gasteiger partial charge < -0.3 is 9.72 Å². The molecular formula is C32H20N2O.